The molecule has 0 saturated carbocycles. The van der Waals surface area contributed by atoms with Crippen molar-refractivity contribution in [1.29, 1.82) is 0 Å². The van der Waals surface area contributed by atoms with Crippen molar-refractivity contribution >= 4 is 22.7 Å². The second-order valence-corrected chi connectivity index (χ2v) is 4.77. The number of hydrogen-bond donors (Lipinski definition) is 0. The number of hydrogen-bond acceptors (Lipinski definition) is 2. The molecule has 1 heterocycles. The third-order valence-electron chi connectivity index (χ3n) is 2.88. The number of likely N-dealkylation sites (N-methyl/N-ethyl adjacent to an activating group) is 1. The molecule has 0 radical (unpaired) electrons. The molecule has 4 heteroatoms. The fraction of sp³-hybridized carbons (Fsp3) is 0.385. The fourth-order valence-corrected chi connectivity index (χ4v) is 2.17. The molecule has 0 unspecified atom stereocenters. The third kappa shape index (κ3) is 2.56. The molecule has 1 aromatic heterocycles. The van der Waals surface area contributed by atoms with Gasteiger partial charge >= 0.3 is 0 Å². The van der Waals surface area contributed by atoms with E-state index in [0.717, 1.165) is 24.2 Å². The second kappa shape index (κ2) is 4.98. The van der Waals surface area contributed by atoms with Crippen LogP contribution in [0, 0.1) is 0 Å². The zero-order chi connectivity index (χ0) is 12.4. The first-order valence-corrected chi connectivity index (χ1v) is 5.94. The standard InChI is InChI=1S/C13H17ClN2O/c1-15(2)7-6-10-9-16(14)13-5-4-11(17-3)8-12(10)13/h4-5,8-9H,6-7H2,1-3H3. The van der Waals surface area contributed by atoms with E-state index in [1.54, 1.807) is 11.2 Å². The van der Waals surface area contributed by atoms with Crippen LogP contribution in [0.5, 0.6) is 5.75 Å². The van der Waals surface area contributed by atoms with E-state index in [-0.39, 0.29) is 0 Å². The van der Waals surface area contributed by atoms with E-state index in [1.165, 1.54) is 10.9 Å². The molecule has 0 atom stereocenters. The number of benzene rings is 1. The van der Waals surface area contributed by atoms with Crippen molar-refractivity contribution < 1.29 is 4.74 Å². The zero-order valence-electron chi connectivity index (χ0n) is 10.4. The van der Waals surface area contributed by atoms with Crippen molar-refractivity contribution in [2.75, 3.05) is 27.7 Å². The first-order valence-electron chi connectivity index (χ1n) is 5.60. The van der Waals surface area contributed by atoms with Crippen molar-refractivity contribution in [2.24, 2.45) is 0 Å². The van der Waals surface area contributed by atoms with Crippen LogP contribution in [0.15, 0.2) is 24.4 Å². The van der Waals surface area contributed by atoms with Crippen molar-refractivity contribution in [3.8, 4) is 5.75 Å². The first kappa shape index (κ1) is 12.3. The molecule has 92 valence electrons. The third-order valence-corrected chi connectivity index (χ3v) is 3.16. The zero-order valence-corrected chi connectivity index (χ0v) is 11.2. The molecule has 17 heavy (non-hydrogen) atoms. The maximum absolute atomic E-state index is 6.15. The highest BCUT2D eigenvalue weighted by Crippen LogP contribution is 2.27. The molecule has 0 aliphatic rings. The van der Waals surface area contributed by atoms with Crippen LogP contribution in [0.2, 0.25) is 0 Å². The van der Waals surface area contributed by atoms with E-state index in [9.17, 15) is 0 Å². The number of rotatable bonds is 4. The van der Waals surface area contributed by atoms with E-state index in [2.05, 4.69) is 19.0 Å². The minimum absolute atomic E-state index is 0.867. The molecule has 0 saturated heterocycles. The van der Waals surface area contributed by atoms with Gasteiger partial charge in [-0.3, -0.25) is 4.09 Å². The molecule has 0 aliphatic heterocycles. The van der Waals surface area contributed by atoms with Crippen LogP contribution in [-0.2, 0) is 6.42 Å². The van der Waals surface area contributed by atoms with Gasteiger partial charge in [-0.15, -0.1) is 0 Å². The Hall–Kier alpha value is -1.19. The van der Waals surface area contributed by atoms with Crippen LogP contribution in [0.4, 0.5) is 0 Å². The Kier molecular flexibility index (Phi) is 3.60. The van der Waals surface area contributed by atoms with E-state index < -0.39 is 0 Å². The van der Waals surface area contributed by atoms with Crippen LogP contribution in [0.25, 0.3) is 10.9 Å². The lowest BCUT2D eigenvalue weighted by Crippen LogP contribution is -2.14. The Bertz CT molecular complexity index is 519. The number of nitrogens with zero attached hydrogens (tertiary/aromatic N) is 2. The lowest BCUT2D eigenvalue weighted by atomic mass is 10.1. The summed E-state index contributed by atoms with van der Waals surface area (Å²) in [6.45, 7) is 1.01. The monoisotopic (exact) mass is 252 g/mol. The van der Waals surface area contributed by atoms with Crippen LogP contribution in [0.1, 0.15) is 5.56 Å². The van der Waals surface area contributed by atoms with Crippen LogP contribution in [-0.4, -0.2) is 36.7 Å². The minimum atomic E-state index is 0.867. The summed E-state index contributed by atoms with van der Waals surface area (Å²) in [5.74, 6) is 0.867. The second-order valence-electron chi connectivity index (χ2n) is 4.40. The first-order chi connectivity index (χ1) is 8.11. The predicted molar refractivity (Wildman–Crippen MR) is 72.0 cm³/mol. The van der Waals surface area contributed by atoms with Gasteiger partial charge < -0.3 is 9.64 Å². The molecular weight excluding hydrogens is 236 g/mol. The number of aromatic nitrogens is 1. The minimum Gasteiger partial charge on any atom is -0.497 e. The Labute approximate surface area is 107 Å². The summed E-state index contributed by atoms with van der Waals surface area (Å²) in [5, 5.41) is 1.17. The molecule has 0 N–H and O–H groups in total. The van der Waals surface area contributed by atoms with Crippen LogP contribution >= 0.6 is 11.8 Å². The predicted octanol–water partition coefficient (Wildman–Crippen LogP) is 2.76. The Morgan fingerprint density at radius 3 is 2.76 bits per heavy atom. The molecule has 0 amide bonds. The highest BCUT2D eigenvalue weighted by Gasteiger charge is 2.08. The summed E-state index contributed by atoms with van der Waals surface area (Å²) in [6, 6.07) is 5.95. The van der Waals surface area contributed by atoms with Gasteiger partial charge in [0.25, 0.3) is 0 Å². The summed E-state index contributed by atoms with van der Waals surface area (Å²) < 4.78 is 6.90. The molecule has 2 rings (SSSR count). The quantitative estimate of drug-likeness (QED) is 0.833. The van der Waals surface area contributed by atoms with Gasteiger partial charge in [0.05, 0.1) is 12.6 Å². The summed E-state index contributed by atoms with van der Waals surface area (Å²) in [5.41, 5.74) is 2.28. The Morgan fingerprint density at radius 1 is 1.35 bits per heavy atom. The number of ether oxygens (including phenoxy) is 1. The summed E-state index contributed by atoms with van der Waals surface area (Å²) >= 11 is 6.15. The SMILES string of the molecule is COc1ccc2c(c1)c(CCN(C)C)cn2Cl. The Balaban J connectivity index is 2.40. The largest absolute Gasteiger partial charge is 0.497 e. The van der Waals surface area contributed by atoms with E-state index >= 15 is 0 Å². The Morgan fingerprint density at radius 2 is 2.12 bits per heavy atom. The van der Waals surface area contributed by atoms with Gasteiger partial charge in [-0.05, 0) is 44.3 Å². The van der Waals surface area contributed by atoms with Gasteiger partial charge in [0.2, 0.25) is 0 Å². The summed E-state index contributed by atoms with van der Waals surface area (Å²) in [4.78, 5) is 2.16. The number of methoxy groups -OCH3 is 1. The van der Waals surface area contributed by atoms with Gasteiger partial charge in [0.1, 0.15) is 5.75 Å². The van der Waals surface area contributed by atoms with Crippen molar-refractivity contribution in [3.63, 3.8) is 0 Å². The van der Waals surface area contributed by atoms with Crippen LogP contribution in [0.3, 0.4) is 0 Å². The molecular formula is C13H17ClN2O. The molecule has 0 aliphatic carbocycles. The molecule has 0 bridgehead atoms. The maximum atomic E-state index is 6.15. The van der Waals surface area contributed by atoms with Gasteiger partial charge in [0.15, 0.2) is 0 Å². The highest BCUT2D eigenvalue weighted by atomic mass is 35.5. The van der Waals surface area contributed by atoms with E-state index in [4.69, 9.17) is 16.5 Å². The average Bonchev–Trinajstić information content (AvgIpc) is 2.63. The maximum Gasteiger partial charge on any atom is 0.119 e. The lowest BCUT2D eigenvalue weighted by Gasteiger charge is -2.08. The van der Waals surface area contributed by atoms with Crippen molar-refractivity contribution in [1.82, 2.24) is 8.99 Å². The number of halogens is 1. The topological polar surface area (TPSA) is 17.4 Å². The lowest BCUT2D eigenvalue weighted by molar-refractivity contribution is 0.413. The average molecular weight is 253 g/mol. The molecule has 1 aromatic carbocycles. The van der Waals surface area contributed by atoms with Crippen LogP contribution < -0.4 is 4.74 Å². The van der Waals surface area contributed by atoms with Gasteiger partial charge in [-0.25, -0.2) is 0 Å². The van der Waals surface area contributed by atoms with Gasteiger partial charge in [0, 0.05) is 29.9 Å². The van der Waals surface area contributed by atoms with E-state index in [1.807, 2.05) is 24.4 Å². The molecule has 2 aromatic rings. The fourth-order valence-electron chi connectivity index (χ4n) is 1.90. The van der Waals surface area contributed by atoms with E-state index in [0.29, 0.717) is 0 Å². The summed E-state index contributed by atoms with van der Waals surface area (Å²) in [7, 11) is 5.82. The van der Waals surface area contributed by atoms with Gasteiger partial charge in [-0.1, -0.05) is 0 Å². The highest BCUT2D eigenvalue weighted by molar-refractivity contribution is 6.19. The molecule has 0 spiro atoms. The smallest absolute Gasteiger partial charge is 0.119 e. The number of fused-ring (bicyclic) bond motifs is 1. The molecule has 0 fully saturated rings. The molecule has 3 nitrogen and oxygen atoms in total. The van der Waals surface area contributed by atoms with Gasteiger partial charge in [-0.2, -0.15) is 0 Å². The normalized spacial score (nSPS) is 11.4. The summed E-state index contributed by atoms with van der Waals surface area (Å²) in [6.07, 6.45) is 2.96. The van der Waals surface area contributed by atoms with Crippen molar-refractivity contribution in [2.45, 2.75) is 6.42 Å². The van der Waals surface area contributed by atoms with Crippen molar-refractivity contribution in [3.05, 3.63) is 30.0 Å².